The maximum absolute atomic E-state index is 14.3. The molecule has 26 rings (SSSR count). The van der Waals surface area contributed by atoms with Crippen LogP contribution < -0.4 is 5.32 Å². The zero-order valence-corrected chi connectivity index (χ0v) is 46.3. The zero-order valence-electron chi connectivity index (χ0n) is 46.3. The molecule has 22 aliphatic rings. The Morgan fingerprint density at radius 2 is 0.667 bits per heavy atom. The first-order valence-corrected chi connectivity index (χ1v) is 28.8. The fraction of sp³-hybridized carbons (Fsp3) is 0.696. The van der Waals surface area contributed by atoms with Gasteiger partial charge in [-0.15, -0.1) is 0 Å². The summed E-state index contributed by atoms with van der Waals surface area (Å²) in [6.45, 7) is -6.10. The molecule has 1 amide bonds. The maximum atomic E-state index is 14.3. The van der Waals surface area contributed by atoms with E-state index >= 15 is 0 Å². The number of aliphatic hydroxyl groups excluding tert-OH is 17. The van der Waals surface area contributed by atoms with Gasteiger partial charge < -0.3 is 149 Å². The van der Waals surface area contributed by atoms with Crippen molar-refractivity contribution in [3.8, 4) is 0 Å². The molecule has 18 N–H and O–H groups in total. The predicted molar refractivity (Wildman–Crippen MR) is 285 cm³/mol. The second-order valence-corrected chi connectivity index (χ2v) is 22.9. The van der Waals surface area contributed by atoms with Gasteiger partial charge in [-0.1, -0.05) is 54.6 Å². The smallest absolute Gasteiger partial charge is 0.220 e. The second-order valence-electron chi connectivity index (χ2n) is 22.9. The van der Waals surface area contributed by atoms with Crippen LogP contribution in [0, 0.1) is 0 Å². The molecule has 31 heteroatoms. The summed E-state index contributed by atoms with van der Waals surface area (Å²) in [6.07, 6.45) is -56.7. The highest BCUT2D eigenvalue weighted by Crippen LogP contribution is 2.40. The standard InChI is InChI=1S/C56H75NO30/c58-13-24-45-33(57-30(64)9-3-6-21-12-22-7-1-4-19-10-11-20-5-2-8-23(21)32(20)31(19)22)34(65)51(76-24)83-46-25(14-59)78-53(41(72)36(46)67)85-48-27(16-61)80-55(43(74)38(48)69)87-50-29(18-63)81-56(44(75)39(50)70)86-49-28(17-62)79-54(42(73)37(49)68)84-47-26(15-60)77-52(82-45)40(71)35(47)66/h1-2,4-5,7-8,10-12,24-29,33-56,58-63,65-75H,3,6,9,13-18H2,(H,57,64)/t24-,25-,26-,27-,28-,29-,33-,34-,35-,36-,37-,38-,39-,40-,41-,42-,43-,44-,45-,46-,47-,48-,49-,50-,51-,52-,53-,54-,55-,56-/m1/s1. The summed E-state index contributed by atoms with van der Waals surface area (Å²) in [5.74, 6) is -0.695. The number of rotatable bonds is 11. The number of aliphatic hydroxyl groups is 17. The first-order chi connectivity index (χ1) is 41.8. The van der Waals surface area contributed by atoms with Crippen LogP contribution in [-0.4, -0.2) is 317 Å². The van der Waals surface area contributed by atoms with Crippen LogP contribution in [-0.2, 0) is 68.1 Å². The molecule has 4 aromatic rings. The molecule has 87 heavy (non-hydrogen) atoms. The second kappa shape index (κ2) is 27.2. The molecule has 22 fully saturated rings. The minimum Gasteiger partial charge on any atom is -0.394 e. The van der Waals surface area contributed by atoms with Crippen molar-refractivity contribution in [3.63, 3.8) is 0 Å². The van der Waals surface area contributed by atoms with Crippen LogP contribution in [0.4, 0.5) is 0 Å². The van der Waals surface area contributed by atoms with Gasteiger partial charge in [-0.2, -0.15) is 0 Å². The zero-order chi connectivity index (χ0) is 61.9. The largest absolute Gasteiger partial charge is 0.394 e. The summed E-state index contributed by atoms with van der Waals surface area (Å²) in [7, 11) is 0. The Morgan fingerprint density at radius 3 is 1.03 bits per heavy atom. The monoisotopic (exact) mass is 1240 g/mol. The number of carbonyl (C=O) groups is 1. The molecule has 22 heterocycles. The molecule has 0 unspecified atom stereocenters. The Labute approximate surface area is 494 Å². The van der Waals surface area contributed by atoms with Gasteiger partial charge in [-0.05, 0) is 50.7 Å². The Bertz CT molecular complexity index is 2900. The van der Waals surface area contributed by atoms with Crippen LogP contribution >= 0.6 is 0 Å². The lowest BCUT2D eigenvalue weighted by atomic mass is 9.90. The molecule has 484 valence electrons. The van der Waals surface area contributed by atoms with E-state index in [0.717, 1.165) is 37.9 Å². The third-order valence-corrected chi connectivity index (χ3v) is 17.5. The normalized spacial score (nSPS) is 45.0. The first kappa shape index (κ1) is 64.7. The summed E-state index contributed by atoms with van der Waals surface area (Å²) in [5.41, 5.74) is 0.946. The van der Waals surface area contributed by atoms with Crippen molar-refractivity contribution in [2.45, 2.75) is 203 Å². The lowest BCUT2D eigenvalue weighted by Gasteiger charge is -2.51. The molecule has 31 nitrogen and oxygen atoms in total. The topological polar surface area (TPSA) is 484 Å². The van der Waals surface area contributed by atoms with Crippen molar-refractivity contribution < 1.29 is 148 Å². The summed E-state index contributed by atoms with van der Waals surface area (Å²) < 4.78 is 70.4. The summed E-state index contributed by atoms with van der Waals surface area (Å²) in [6, 6.07) is 16.4. The Morgan fingerprint density at radius 1 is 0.356 bits per heavy atom. The lowest BCUT2D eigenvalue weighted by Crippen LogP contribution is -2.70. The fourth-order valence-electron chi connectivity index (χ4n) is 12.9. The van der Waals surface area contributed by atoms with Gasteiger partial charge in [0, 0.05) is 6.42 Å². The quantitative estimate of drug-likeness (QED) is 0.0620. The highest BCUT2D eigenvalue weighted by molar-refractivity contribution is 6.23. The molecule has 0 aliphatic carbocycles. The predicted octanol–water partition coefficient (Wildman–Crippen LogP) is -8.01. The molecule has 0 saturated carbocycles. The van der Waals surface area contributed by atoms with Crippen LogP contribution in [0.5, 0.6) is 0 Å². The highest BCUT2D eigenvalue weighted by atomic mass is 16.8. The van der Waals surface area contributed by atoms with Crippen LogP contribution in [0.25, 0.3) is 32.3 Å². The molecular formula is C56H75NO30. The van der Waals surface area contributed by atoms with Crippen molar-refractivity contribution in [2.24, 2.45) is 0 Å². The van der Waals surface area contributed by atoms with E-state index < -0.39 is 230 Å². The Balaban J connectivity index is 0.889. The van der Waals surface area contributed by atoms with Crippen LogP contribution in [0.3, 0.4) is 0 Å². The van der Waals surface area contributed by atoms with Gasteiger partial charge >= 0.3 is 0 Å². The van der Waals surface area contributed by atoms with Crippen molar-refractivity contribution in [3.05, 3.63) is 60.2 Å². The number of amides is 1. The number of carbonyl (C=O) groups excluding carboxylic acids is 1. The molecule has 0 spiro atoms. The number of nitrogens with one attached hydrogen (secondary N) is 1. The minimum absolute atomic E-state index is 0.187. The van der Waals surface area contributed by atoms with E-state index in [-0.39, 0.29) is 12.8 Å². The van der Waals surface area contributed by atoms with Crippen LogP contribution in [0.1, 0.15) is 18.4 Å². The van der Waals surface area contributed by atoms with E-state index in [4.69, 9.17) is 56.8 Å². The van der Waals surface area contributed by atoms with E-state index in [1.165, 1.54) is 0 Å². The van der Waals surface area contributed by atoms with E-state index in [0.29, 0.717) is 6.42 Å². The SMILES string of the molecule is O=C(CCCc1cc2cccc3ccc4cccc1c4c32)N[C@@H]1[C@@H](O)[C@H]2O[C@H]3[C@H](O)[C@@H](O)[C@@H](O[C@H]4[C@H](O)[C@@H](O)[C@@H](O[C@H]5[C@H](O)[C@@H](O)[C@@H](O[C@H]6[C@H](O)[C@@H](O)[C@@H](O[C@H]7[C@H](O)[C@@H](O)[C@@H](O[C@@H]1[C@@H](CO)O2)O[C@@H]7CO)O[C@@H]6CO)O[C@@H]5CO)O[C@@H]4CO)O[C@@H]3CO. The molecule has 22 aliphatic heterocycles. The summed E-state index contributed by atoms with van der Waals surface area (Å²) >= 11 is 0. The van der Waals surface area contributed by atoms with Gasteiger partial charge in [0.1, 0.15) is 140 Å². The van der Waals surface area contributed by atoms with Gasteiger partial charge in [-0.3, -0.25) is 4.79 Å². The van der Waals surface area contributed by atoms with Gasteiger partial charge in [0.15, 0.2) is 37.7 Å². The average molecular weight is 1240 g/mol. The number of benzene rings is 4. The van der Waals surface area contributed by atoms with E-state index in [1.807, 2.05) is 42.5 Å². The molecular weight excluding hydrogens is 1170 g/mol. The van der Waals surface area contributed by atoms with Crippen LogP contribution in [0.15, 0.2) is 54.6 Å². The number of hydrogen-bond acceptors (Lipinski definition) is 30. The fourth-order valence-corrected chi connectivity index (χ4v) is 12.9. The minimum atomic E-state index is -2.20. The molecule has 22 saturated heterocycles. The van der Waals surface area contributed by atoms with E-state index in [1.54, 1.807) is 0 Å². The van der Waals surface area contributed by atoms with Gasteiger partial charge in [0.25, 0.3) is 0 Å². The molecule has 0 radical (unpaired) electrons. The van der Waals surface area contributed by atoms with Crippen LogP contribution in [0.2, 0.25) is 0 Å². The molecule has 30 atom stereocenters. The molecule has 4 aromatic carbocycles. The van der Waals surface area contributed by atoms with Crippen molar-refractivity contribution in [1.29, 1.82) is 0 Å². The maximum Gasteiger partial charge on any atom is 0.220 e. The van der Waals surface area contributed by atoms with E-state index in [9.17, 15) is 91.6 Å². The van der Waals surface area contributed by atoms with E-state index in [2.05, 4.69) is 17.4 Å². The highest BCUT2D eigenvalue weighted by Gasteiger charge is 2.59. The number of hydrogen-bond donors (Lipinski definition) is 18. The van der Waals surface area contributed by atoms with Crippen molar-refractivity contribution >= 4 is 38.2 Å². The molecule has 0 aromatic heterocycles. The first-order valence-electron chi connectivity index (χ1n) is 28.8. The van der Waals surface area contributed by atoms with Gasteiger partial charge in [0.05, 0.1) is 45.7 Å². The Hall–Kier alpha value is -3.77. The summed E-state index contributed by atoms with van der Waals surface area (Å²) in [5, 5.41) is 200. The third kappa shape index (κ3) is 12.3. The lowest BCUT2D eigenvalue weighted by molar-refractivity contribution is -0.401. The average Bonchev–Trinajstić information content (AvgIpc) is 1.03. The van der Waals surface area contributed by atoms with Gasteiger partial charge in [0.2, 0.25) is 5.91 Å². The van der Waals surface area contributed by atoms with Crippen molar-refractivity contribution in [2.75, 3.05) is 39.6 Å². The Kier molecular flexibility index (Phi) is 20.2. The van der Waals surface area contributed by atoms with Gasteiger partial charge in [-0.25, -0.2) is 0 Å². The summed E-state index contributed by atoms with van der Waals surface area (Å²) in [4.78, 5) is 14.3. The number of ether oxygens (including phenoxy) is 12. The number of aryl methyl sites for hydroxylation is 1. The van der Waals surface area contributed by atoms with Crippen molar-refractivity contribution in [1.82, 2.24) is 5.32 Å². The third-order valence-electron chi connectivity index (χ3n) is 17.5. The molecule has 12 bridgehead atoms.